The average molecular weight is 413 g/mol. The van der Waals surface area contributed by atoms with E-state index in [2.05, 4.69) is 5.32 Å². The Bertz CT molecular complexity index is 816. The molecule has 1 N–H and O–H groups in total. The smallest absolute Gasteiger partial charge is 0.242 e. The van der Waals surface area contributed by atoms with Crippen molar-refractivity contribution in [3.05, 3.63) is 59.7 Å². The first kappa shape index (κ1) is 23.3. The van der Waals surface area contributed by atoms with Gasteiger partial charge in [0, 0.05) is 19.0 Å². The summed E-state index contributed by atoms with van der Waals surface area (Å²) in [5.41, 5.74) is 2.06. The molecule has 0 aliphatic carbocycles. The molecule has 6 heteroatoms. The van der Waals surface area contributed by atoms with Gasteiger partial charge < -0.3 is 19.7 Å². The zero-order chi connectivity index (χ0) is 22.1. The van der Waals surface area contributed by atoms with E-state index in [9.17, 15) is 9.59 Å². The Balaban J connectivity index is 1.99. The molecule has 0 radical (unpaired) electrons. The van der Waals surface area contributed by atoms with Gasteiger partial charge in [0.2, 0.25) is 11.8 Å². The van der Waals surface area contributed by atoms with Crippen LogP contribution >= 0.6 is 0 Å². The number of hydrogen-bond acceptors (Lipinski definition) is 4. The van der Waals surface area contributed by atoms with E-state index in [0.29, 0.717) is 19.5 Å². The van der Waals surface area contributed by atoms with E-state index in [4.69, 9.17) is 9.47 Å². The average Bonchev–Trinajstić information content (AvgIpc) is 2.77. The third-order valence-electron chi connectivity index (χ3n) is 5.01. The van der Waals surface area contributed by atoms with Crippen molar-refractivity contribution in [1.82, 2.24) is 10.2 Å². The maximum Gasteiger partial charge on any atom is 0.242 e. The summed E-state index contributed by atoms with van der Waals surface area (Å²) in [5, 5.41) is 2.95. The summed E-state index contributed by atoms with van der Waals surface area (Å²) in [5.74, 6) is 1.15. The fourth-order valence-electron chi connectivity index (χ4n) is 3.08. The molecule has 0 saturated carbocycles. The van der Waals surface area contributed by atoms with Crippen molar-refractivity contribution in [2.24, 2.45) is 5.92 Å². The first-order valence-electron chi connectivity index (χ1n) is 10.2. The van der Waals surface area contributed by atoms with Gasteiger partial charge in [-0.05, 0) is 48.7 Å². The predicted molar refractivity (Wildman–Crippen MR) is 118 cm³/mol. The van der Waals surface area contributed by atoms with Crippen LogP contribution in [0.25, 0.3) is 0 Å². The van der Waals surface area contributed by atoms with Crippen LogP contribution in [-0.2, 0) is 22.6 Å². The molecular formula is C24H32N2O4. The lowest BCUT2D eigenvalue weighted by molar-refractivity contribution is -0.143. The molecule has 0 spiro atoms. The van der Waals surface area contributed by atoms with Crippen molar-refractivity contribution in [3.8, 4) is 11.5 Å². The molecule has 6 nitrogen and oxygen atoms in total. The highest BCUT2D eigenvalue weighted by Crippen LogP contribution is 2.17. The van der Waals surface area contributed by atoms with Gasteiger partial charge in [0.15, 0.2) is 0 Å². The van der Waals surface area contributed by atoms with Crippen molar-refractivity contribution >= 4 is 11.8 Å². The second-order valence-electron chi connectivity index (χ2n) is 7.53. The van der Waals surface area contributed by atoms with Gasteiger partial charge in [-0.15, -0.1) is 0 Å². The Labute approximate surface area is 179 Å². The number of rotatable bonds is 10. The molecule has 30 heavy (non-hydrogen) atoms. The quantitative estimate of drug-likeness (QED) is 0.649. The minimum absolute atomic E-state index is 0.0522. The molecule has 2 rings (SSSR count). The van der Waals surface area contributed by atoms with Crippen LogP contribution in [0, 0.1) is 5.92 Å². The van der Waals surface area contributed by atoms with E-state index in [0.717, 1.165) is 22.6 Å². The van der Waals surface area contributed by atoms with Crippen LogP contribution in [0.4, 0.5) is 0 Å². The number of benzene rings is 2. The lowest BCUT2D eigenvalue weighted by Gasteiger charge is -2.30. The number of carbonyl (C=O) groups excluding carboxylic acids is 2. The van der Waals surface area contributed by atoms with Gasteiger partial charge in [0.1, 0.15) is 17.5 Å². The highest BCUT2D eigenvalue weighted by molar-refractivity contribution is 5.88. The summed E-state index contributed by atoms with van der Waals surface area (Å²) in [6.45, 7) is 6.33. The normalized spacial score (nSPS) is 11.7. The molecule has 1 unspecified atom stereocenters. The Morgan fingerprint density at radius 2 is 1.37 bits per heavy atom. The maximum atomic E-state index is 12.8. The van der Waals surface area contributed by atoms with E-state index < -0.39 is 6.04 Å². The fourth-order valence-corrected chi connectivity index (χ4v) is 3.08. The molecule has 0 fully saturated rings. The number of ether oxygens (including phenoxy) is 2. The molecule has 0 saturated heterocycles. The molecule has 162 valence electrons. The highest BCUT2D eigenvalue weighted by Gasteiger charge is 2.27. The van der Waals surface area contributed by atoms with Crippen LogP contribution < -0.4 is 14.8 Å². The standard InChI is InChI=1S/C24H32N2O4/c1-17(2)24(28)26(16-20-8-12-22(30-5)13-9-20)18(3)23(27)25-15-14-19-6-10-21(29-4)11-7-19/h6-13,17-18H,14-16H2,1-5H3,(H,25,27). The van der Waals surface area contributed by atoms with Crippen molar-refractivity contribution in [1.29, 1.82) is 0 Å². The van der Waals surface area contributed by atoms with Crippen LogP contribution in [0.2, 0.25) is 0 Å². The van der Waals surface area contributed by atoms with Gasteiger partial charge >= 0.3 is 0 Å². The monoisotopic (exact) mass is 412 g/mol. The van der Waals surface area contributed by atoms with Crippen molar-refractivity contribution in [2.45, 2.75) is 39.8 Å². The third kappa shape index (κ3) is 6.51. The second kappa shape index (κ2) is 11.2. The van der Waals surface area contributed by atoms with E-state index >= 15 is 0 Å². The number of nitrogens with one attached hydrogen (secondary N) is 1. The molecule has 2 aromatic rings. The highest BCUT2D eigenvalue weighted by atomic mass is 16.5. The Kier molecular flexibility index (Phi) is 8.71. The first-order chi connectivity index (χ1) is 14.3. The molecule has 0 aliphatic rings. The second-order valence-corrected chi connectivity index (χ2v) is 7.53. The summed E-state index contributed by atoms with van der Waals surface area (Å²) < 4.78 is 10.3. The molecule has 0 aliphatic heterocycles. The van der Waals surface area contributed by atoms with Gasteiger partial charge in [0.05, 0.1) is 14.2 Å². The summed E-state index contributed by atoms with van der Waals surface area (Å²) in [6, 6.07) is 14.7. The van der Waals surface area contributed by atoms with Crippen LogP contribution in [0.1, 0.15) is 31.9 Å². The van der Waals surface area contributed by atoms with Crippen molar-refractivity contribution in [3.63, 3.8) is 0 Å². The molecule has 2 amide bonds. The Hall–Kier alpha value is -3.02. The minimum atomic E-state index is -0.571. The number of amides is 2. The molecule has 1 atom stereocenters. The summed E-state index contributed by atoms with van der Waals surface area (Å²) in [6.07, 6.45) is 0.707. The SMILES string of the molecule is COc1ccc(CCNC(=O)C(C)N(Cc2ccc(OC)cc2)C(=O)C(C)C)cc1. The van der Waals surface area contributed by atoms with Crippen LogP contribution in [0.5, 0.6) is 11.5 Å². The lowest BCUT2D eigenvalue weighted by Crippen LogP contribution is -2.49. The number of nitrogens with zero attached hydrogens (tertiary/aromatic N) is 1. The Morgan fingerprint density at radius 3 is 1.83 bits per heavy atom. The van der Waals surface area contributed by atoms with E-state index in [1.165, 1.54) is 0 Å². The zero-order valence-electron chi connectivity index (χ0n) is 18.5. The van der Waals surface area contributed by atoms with E-state index in [-0.39, 0.29) is 17.7 Å². The first-order valence-corrected chi connectivity index (χ1v) is 10.2. The van der Waals surface area contributed by atoms with Gasteiger partial charge in [0.25, 0.3) is 0 Å². The topological polar surface area (TPSA) is 67.9 Å². The maximum absolute atomic E-state index is 12.8. The number of carbonyl (C=O) groups is 2. The number of hydrogen-bond donors (Lipinski definition) is 1. The molecule has 0 heterocycles. The fraction of sp³-hybridized carbons (Fsp3) is 0.417. The van der Waals surface area contributed by atoms with Crippen molar-refractivity contribution < 1.29 is 19.1 Å². The third-order valence-corrected chi connectivity index (χ3v) is 5.01. The van der Waals surface area contributed by atoms with Crippen LogP contribution in [0.15, 0.2) is 48.5 Å². The molecule has 0 aromatic heterocycles. The van der Waals surface area contributed by atoms with Crippen LogP contribution in [0.3, 0.4) is 0 Å². The predicted octanol–water partition coefficient (Wildman–Crippen LogP) is 3.44. The Morgan fingerprint density at radius 1 is 0.867 bits per heavy atom. The van der Waals surface area contributed by atoms with Gasteiger partial charge in [-0.3, -0.25) is 9.59 Å². The van der Waals surface area contributed by atoms with Crippen LogP contribution in [-0.4, -0.2) is 43.5 Å². The molecule has 0 bridgehead atoms. The van der Waals surface area contributed by atoms with E-state index in [1.54, 1.807) is 26.0 Å². The lowest BCUT2D eigenvalue weighted by atomic mass is 10.1. The largest absolute Gasteiger partial charge is 0.497 e. The molecular weight excluding hydrogens is 380 g/mol. The zero-order valence-corrected chi connectivity index (χ0v) is 18.5. The van der Waals surface area contributed by atoms with Gasteiger partial charge in [-0.25, -0.2) is 0 Å². The summed E-state index contributed by atoms with van der Waals surface area (Å²) >= 11 is 0. The van der Waals surface area contributed by atoms with Gasteiger partial charge in [-0.1, -0.05) is 38.1 Å². The number of methoxy groups -OCH3 is 2. The van der Waals surface area contributed by atoms with Gasteiger partial charge in [-0.2, -0.15) is 0 Å². The summed E-state index contributed by atoms with van der Waals surface area (Å²) in [7, 11) is 3.24. The summed E-state index contributed by atoms with van der Waals surface area (Å²) in [4.78, 5) is 27.2. The van der Waals surface area contributed by atoms with Crippen molar-refractivity contribution in [2.75, 3.05) is 20.8 Å². The van der Waals surface area contributed by atoms with E-state index in [1.807, 2.05) is 62.4 Å². The molecule has 2 aromatic carbocycles. The minimum Gasteiger partial charge on any atom is -0.497 e.